The lowest BCUT2D eigenvalue weighted by Gasteiger charge is -2.34. The van der Waals surface area contributed by atoms with E-state index >= 15 is 0 Å². The maximum absolute atomic E-state index is 13.1. The third kappa shape index (κ3) is 2.99. The molecule has 0 radical (unpaired) electrons. The third-order valence-electron chi connectivity index (χ3n) is 4.97. The highest BCUT2D eigenvalue weighted by Gasteiger charge is 2.39. The molecule has 1 heterocycles. The summed E-state index contributed by atoms with van der Waals surface area (Å²) in [6.45, 7) is 12.6. The van der Waals surface area contributed by atoms with Crippen molar-refractivity contribution in [1.82, 2.24) is 14.7 Å². The molecule has 4 nitrogen and oxygen atoms in total. The van der Waals surface area contributed by atoms with Crippen LogP contribution in [-0.2, 0) is 11.8 Å². The number of aromatic nitrogens is 2. The molecular weight excluding hydrogens is 262 g/mol. The van der Waals surface area contributed by atoms with Crippen LogP contribution in [0.15, 0.2) is 0 Å². The molecule has 0 aromatic carbocycles. The van der Waals surface area contributed by atoms with Crippen LogP contribution in [0.1, 0.15) is 63.4 Å². The molecule has 0 saturated heterocycles. The SMILES string of the molecule is Cc1nn(C)c(C)c1C(C)C(=O)N(C1CC1)C(C)C(C)C. The predicted octanol–water partition coefficient (Wildman–Crippen LogP) is 3.18. The average molecular weight is 291 g/mol. The average Bonchev–Trinajstić information content (AvgIpc) is 3.18. The van der Waals surface area contributed by atoms with Crippen LogP contribution in [0.5, 0.6) is 0 Å². The number of amides is 1. The van der Waals surface area contributed by atoms with Gasteiger partial charge in [-0.3, -0.25) is 9.48 Å². The first-order valence-electron chi connectivity index (χ1n) is 8.08. The first kappa shape index (κ1) is 16.1. The molecule has 1 aromatic rings. The molecule has 0 N–H and O–H groups in total. The van der Waals surface area contributed by atoms with E-state index in [9.17, 15) is 4.79 Å². The van der Waals surface area contributed by atoms with Crippen molar-refractivity contribution in [3.63, 3.8) is 0 Å². The van der Waals surface area contributed by atoms with E-state index in [0.717, 1.165) is 29.8 Å². The second-order valence-electron chi connectivity index (χ2n) is 6.89. The smallest absolute Gasteiger partial charge is 0.230 e. The molecule has 1 saturated carbocycles. The monoisotopic (exact) mass is 291 g/mol. The van der Waals surface area contributed by atoms with Gasteiger partial charge in [-0.1, -0.05) is 13.8 Å². The molecule has 1 fully saturated rings. The van der Waals surface area contributed by atoms with Gasteiger partial charge in [-0.15, -0.1) is 0 Å². The Balaban J connectivity index is 2.28. The number of hydrogen-bond donors (Lipinski definition) is 0. The molecule has 2 rings (SSSR count). The molecule has 1 aliphatic carbocycles. The highest BCUT2D eigenvalue weighted by atomic mass is 16.2. The molecule has 0 spiro atoms. The first-order chi connectivity index (χ1) is 9.75. The summed E-state index contributed by atoms with van der Waals surface area (Å²) >= 11 is 0. The highest BCUT2D eigenvalue weighted by molar-refractivity contribution is 5.84. The van der Waals surface area contributed by atoms with Gasteiger partial charge in [0.25, 0.3) is 0 Å². The van der Waals surface area contributed by atoms with Crippen LogP contribution in [0.4, 0.5) is 0 Å². The Kier molecular flexibility index (Phi) is 4.45. The highest BCUT2D eigenvalue weighted by Crippen LogP contribution is 2.34. The second-order valence-corrected chi connectivity index (χ2v) is 6.89. The quantitative estimate of drug-likeness (QED) is 0.835. The van der Waals surface area contributed by atoms with Gasteiger partial charge in [0.1, 0.15) is 0 Å². The van der Waals surface area contributed by atoms with Gasteiger partial charge in [0.15, 0.2) is 0 Å². The van der Waals surface area contributed by atoms with Gasteiger partial charge in [0.05, 0.1) is 11.6 Å². The Morgan fingerprint density at radius 1 is 1.24 bits per heavy atom. The van der Waals surface area contributed by atoms with Gasteiger partial charge < -0.3 is 4.90 Å². The minimum Gasteiger partial charge on any atom is -0.336 e. The molecule has 4 heteroatoms. The molecule has 1 aromatic heterocycles. The zero-order chi connectivity index (χ0) is 15.9. The van der Waals surface area contributed by atoms with Crippen molar-refractivity contribution in [3.8, 4) is 0 Å². The molecule has 1 aliphatic rings. The van der Waals surface area contributed by atoms with Gasteiger partial charge in [0, 0.05) is 30.4 Å². The first-order valence-corrected chi connectivity index (χ1v) is 8.08. The van der Waals surface area contributed by atoms with E-state index in [1.807, 2.05) is 32.5 Å². The van der Waals surface area contributed by atoms with Crippen LogP contribution in [-0.4, -0.2) is 32.7 Å². The molecule has 0 aliphatic heterocycles. The summed E-state index contributed by atoms with van der Waals surface area (Å²) in [5, 5.41) is 4.46. The lowest BCUT2D eigenvalue weighted by Crippen LogP contribution is -2.45. The molecule has 1 amide bonds. The normalized spacial score (nSPS) is 17.9. The maximum Gasteiger partial charge on any atom is 0.230 e. The summed E-state index contributed by atoms with van der Waals surface area (Å²) in [5.41, 5.74) is 3.18. The molecule has 0 bridgehead atoms. The van der Waals surface area contributed by atoms with Crippen LogP contribution in [0.2, 0.25) is 0 Å². The standard InChI is InChI=1S/C17H29N3O/c1-10(2)13(5)20(15-8-9-15)17(21)11(3)16-12(4)18-19(7)14(16)6/h10-11,13,15H,8-9H2,1-7H3. The van der Waals surface area contributed by atoms with Crippen molar-refractivity contribution in [1.29, 1.82) is 0 Å². The summed E-state index contributed by atoms with van der Waals surface area (Å²) in [5.74, 6) is 0.635. The van der Waals surface area contributed by atoms with Crippen LogP contribution in [0, 0.1) is 19.8 Å². The summed E-state index contributed by atoms with van der Waals surface area (Å²) in [4.78, 5) is 15.2. The Labute approximate surface area is 128 Å². The number of rotatable bonds is 5. The topological polar surface area (TPSA) is 38.1 Å². The predicted molar refractivity (Wildman–Crippen MR) is 85.3 cm³/mol. The van der Waals surface area contributed by atoms with E-state index < -0.39 is 0 Å². The summed E-state index contributed by atoms with van der Waals surface area (Å²) in [7, 11) is 1.94. The minimum atomic E-state index is -0.111. The van der Waals surface area contributed by atoms with Crippen molar-refractivity contribution >= 4 is 5.91 Å². The Morgan fingerprint density at radius 2 is 1.81 bits per heavy atom. The summed E-state index contributed by atoms with van der Waals surface area (Å²) in [6.07, 6.45) is 2.31. The maximum atomic E-state index is 13.1. The molecule has 21 heavy (non-hydrogen) atoms. The van der Waals surface area contributed by atoms with Crippen LogP contribution in [0.3, 0.4) is 0 Å². The van der Waals surface area contributed by atoms with E-state index in [2.05, 4.69) is 30.8 Å². The van der Waals surface area contributed by atoms with Crippen molar-refractivity contribution < 1.29 is 4.79 Å². The Morgan fingerprint density at radius 3 is 2.19 bits per heavy atom. The fraction of sp³-hybridized carbons (Fsp3) is 0.765. The largest absolute Gasteiger partial charge is 0.336 e. The molecular formula is C17H29N3O. The zero-order valence-electron chi connectivity index (χ0n) is 14.5. The van der Waals surface area contributed by atoms with Gasteiger partial charge in [-0.05, 0) is 46.5 Å². The lowest BCUT2D eigenvalue weighted by atomic mass is 9.95. The molecule has 2 atom stereocenters. The second kappa shape index (κ2) is 5.82. The number of carbonyl (C=O) groups excluding carboxylic acids is 1. The van der Waals surface area contributed by atoms with Crippen molar-refractivity contribution in [2.24, 2.45) is 13.0 Å². The van der Waals surface area contributed by atoms with E-state index in [1.165, 1.54) is 0 Å². The molecule has 2 unspecified atom stereocenters. The van der Waals surface area contributed by atoms with Crippen LogP contribution < -0.4 is 0 Å². The summed E-state index contributed by atoms with van der Waals surface area (Å²) < 4.78 is 1.88. The van der Waals surface area contributed by atoms with E-state index in [-0.39, 0.29) is 11.8 Å². The van der Waals surface area contributed by atoms with Gasteiger partial charge in [-0.25, -0.2) is 0 Å². The van der Waals surface area contributed by atoms with E-state index in [4.69, 9.17) is 0 Å². The van der Waals surface area contributed by atoms with Crippen molar-refractivity contribution in [2.45, 2.75) is 72.4 Å². The Hall–Kier alpha value is -1.32. The van der Waals surface area contributed by atoms with E-state index in [1.54, 1.807) is 0 Å². The Bertz CT molecular complexity index is 528. The summed E-state index contributed by atoms with van der Waals surface area (Å²) in [6, 6.07) is 0.749. The zero-order valence-corrected chi connectivity index (χ0v) is 14.5. The van der Waals surface area contributed by atoms with Crippen molar-refractivity contribution in [2.75, 3.05) is 0 Å². The number of carbonyl (C=O) groups is 1. The van der Waals surface area contributed by atoms with Gasteiger partial charge >= 0.3 is 0 Å². The number of aryl methyl sites for hydroxylation is 2. The fourth-order valence-electron chi connectivity index (χ4n) is 3.15. The third-order valence-corrected chi connectivity index (χ3v) is 4.97. The fourth-order valence-corrected chi connectivity index (χ4v) is 3.15. The molecule has 118 valence electrons. The van der Waals surface area contributed by atoms with Gasteiger partial charge in [-0.2, -0.15) is 5.10 Å². The van der Waals surface area contributed by atoms with Crippen LogP contribution in [0.25, 0.3) is 0 Å². The number of hydrogen-bond acceptors (Lipinski definition) is 2. The lowest BCUT2D eigenvalue weighted by molar-refractivity contribution is -0.136. The number of nitrogens with zero attached hydrogens (tertiary/aromatic N) is 3. The van der Waals surface area contributed by atoms with Gasteiger partial charge in [0.2, 0.25) is 5.91 Å². The van der Waals surface area contributed by atoms with Crippen molar-refractivity contribution in [3.05, 3.63) is 17.0 Å². The van der Waals surface area contributed by atoms with E-state index in [0.29, 0.717) is 18.0 Å². The minimum absolute atomic E-state index is 0.111. The van der Waals surface area contributed by atoms with Crippen LogP contribution >= 0.6 is 0 Å².